The molecular weight excluding hydrogens is 364 g/mol. The Morgan fingerprint density at radius 2 is 2.07 bits per heavy atom. The van der Waals surface area contributed by atoms with Gasteiger partial charge in [0.2, 0.25) is 0 Å². The van der Waals surface area contributed by atoms with E-state index in [1.165, 1.54) is 11.8 Å². The summed E-state index contributed by atoms with van der Waals surface area (Å²) in [6.45, 7) is 7.24. The third-order valence-corrected chi connectivity index (χ3v) is 5.93. The number of hydrogen-bond donors (Lipinski definition) is 1. The number of hydrogen-bond acceptors (Lipinski definition) is 5. The van der Waals surface area contributed by atoms with E-state index in [1.54, 1.807) is 0 Å². The number of aliphatic imine (C=N–C) groups is 1. The molecule has 27 heavy (non-hydrogen) atoms. The van der Waals surface area contributed by atoms with Gasteiger partial charge in [0.05, 0.1) is 31.1 Å². The quantitative estimate of drug-likeness (QED) is 0.562. The highest BCUT2D eigenvalue weighted by molar-refractivity contribution is 7.90. The lowest BCUT2D eigenvalue weighted by Gasteiger charge is -2.36. The van der Waals surface area contributed by atoms with Crippen molar-refractivity contribution in [3.05, 3.63) is 35.9 Å². The lowest BCUT2D eigenvalue weighted by atomic mass is 10.1. The lowest BCUT2D eigenvalue weighted by molar-refractivity contribution is -0.0502. The molecule has 2 aliphatic rings. The minimum atomic E-state index is -3.01. The number of fused-ring (bicyclic) bond motifs is 1. The zero-order chi connectivity index (χ0) is 19.3. The zero-order valence-electron chi connectivity index (χ0n) is 16.2. The molecule has 0 bridgehead atoms. The van der Waals surface area contributed by atoms with E-state index in [2.05, 4.69) is 44.4 Å². The highest BCUT2D eigenvalue weighted by Gasteiger charge is 2.41. The first-order chi connectivity index (χ1) is 13.0. The van der Waals surface area contributed by atoms with Gasteiger partial charge in [-0.05, 0) is 12.5 Å². The third kappa shape index (κ3) is 5.67. The summed E-state index contributed by atoms with van der Waals surface area (Å²) in [7, 11) is -3.01. The van der Waals surface area contributed by atoms with Crippen LogP contribution < -0.4 is 5.32 Å². The first-order valence-electron chi connectivity index (χ1n) is 9.57. The summed E-state index contributed by atoms with van der Waals surface area (Å²) in [4.78, 5) is 9.21. The Morgan fingerprint density at radius 3 is 2.78 bits per heavy atom. The van der Waals surface area contributed by atoms with Crippen molar-refractivity contribution in [1.82, 2.24) is 15.1 Å². The molecular formula is C19H30N4O3S. The molecule has 0 amide bonds. The summed E-state index contributed by atoms with van der Waals surface area (Å²) in [5, 5.41) is 3.29. The van der Waals surface area contributed by atoms with Crippen molar-refractivity contribution in [2.75, 3.05) is 51.3 Å². The van der Waals surface area contributed by atoms with Crippen molar-refractivity contribution < 1.29 is 13.2 Å². The molecule has 1 N–H and O–H groups in total. The molecule has 0 spiro atoms. The average molecular weight is 395 g/mol. The molecule has 2 heterocycles. The monoisotopic (exact) mass is 394 g/mol. The maximum Gasteiger partial charge on any atom is 0.194 e. The van der Waals surface area contributed by atoms with Crippen LogP contribution in [-0.2, 0) is 21.1 Å². The van der Waals surface area contributed by atoms with Gasteiger partial charge < -0.3 is 15.0 Å². The minimum absolute atomic E-state index is 0.0687. The van der Waals surface area contributed by atoms with Crippen molar-refractivity contribution in [1.29, 1.82) is 0 Å². The highest BCUT2D eigenvalue weighted by Crippen LogP contribution is 2.24. The molecule has 0 aliphatic carbocycles. The Hall–Kier alpha value is -1.64. The standard InChI is InChI=1S/C19H30N4O3S/c1-3-20-19(21-9-12-27(2,24)25)23-14-17-18(15-23)26-11-10-22(17)13-16-7-5-4-6-8-16/h4-8,17-18H,3,9-15H2,1-2H3,(H,20,21). The van der Waals surface area contributed by atoms with E-state index in [9.17, 15) is 8.42 Å². The predicted molar refractivity (Wildman–Crippen MR) is 108 cm³/mol. The van der Waals surface area contributed by atoms with Gasteiger partial charge in [0, 0.05) is 39.0 Å². The molecule has 1 aromatic rings. The second-order valence-electron chi connectivity index (χ2n) is 7.20. The maximum atomic E-state index is 11.4. The first kappa shape index (κ1) is 20.1. The first-order valence-corrected chi connectivity index (χ1v) is 11.6. The predicted octanol–water partition coefficient (Wildman–Crippen LogP) is 0.582. The highest BCUT2D eigenvalue weighted by atomic mass is 32.2. The number of morpholine rings is 1. The molecule has 2 unspecified atom stereocenters. The molecule has 3 rings (SSSR count). The number of nitrogens with zero attached hydrogens (tertiary/aromatic N) is 3. The molecule has 8 heteroatoms. The molecule has 0 aromatic heterocycles. The van der Waals surface area contributed by atoms with Crippen LogP contribution in [0.4, 0.5) is 0 Å². The molecule has 2 aliphatic heterocycles. The van der Waals surface area contributed by atoms with E-state index in [4.69, 9.17) is 4.74 Å². The summed E-state index contributed by atoms with van der Waals surface area (Å²) < 4.78 is 28.8. The third-order valence-electron chi connectivity index (χ3n) is 5.00. The molecule has 2 saturated heterocycles. The number of nitrogens with one attached hydrogen (secondary N) is 1. The average Bonchev–Trinajstić information content (AvgIpc) is 3.06. The summed E-state index contributed by atoms with van der Waals surface area (Å²) in [6, 6.07) is 10.8. The summed E-state index contributed by atoms with van der Waals surface area (Å²) in [6.07, 6.45) is 1.40. The number of benzene rings is 1. The van der Waals surface area contributed by atoms with Crippen LogP contribution in [0.5, 0.6) is 0 Å². The van der Waals surface area contributed by atoms with Crippen molar-refractivity contribution in [2.45, 2.75) is 25.6 Å². The molecule has 0 saturated carbocycles. The fourth-order valence-corrected chi connectivity index (χ4v) is 4.11. The number of sulfone groups is 1. The van der Waals surface area contributed by atoms with E-state index >= 15 is 0 Å². The fraction of sp³-hybridized carbons (Fsp3) is 0.632. The Kier molecular flexibility index (Phi) is 6.73. The maximum absolute atomic E-state index is 11.4. The van der Waals surface area contributed by atoms with Crippen LogP contribution in [0.3, 0.4) is 0 Å². The normalized spacial score (nSPS) is 24.1. The van der Waals surface area contributed by atoms with Gasteiger partial charge in [-0.3, -0.25) is 9.89 Å². The van der Waals surface area contributed by atoms with Gasteiger partial charge in [-0.25, -0.2) is 8.42 Å². The number of rotatable bonds is 6. The van der Waals surface area contributed by atoms with Gasteiger partial charge in [0.15, 0.2) is 5.96 Å². The molecule has 2 fully saturated rings. The van der Waals surface area contributed by atoms with Crippen LogP contribution in [0.2, 0.25) is 0 Å². The van der Waals surface area contributed by atoms with E-state index < -0.39 is 9.84 Å². The SMILES string of the molecule is CCNC(=NCCS(C)(=O)=O)N1CC2OCCN(Cc3ccccc3)C2C1. The molecule has 1 aromatic carbocycles. The van der Waals surface area contributed by atoms with Gasteiger partial charge in [-0.15, -0.1) is 0 Å². The van der Waals surface area contributed by atoms with Crippen molar-refractivity contribution in [3.63, 3.8) is 0 Å². The number of ether oxygens (including phenoxy) is 1. The Morgan fingerprint density at radius 1 is 1.30 bits per heavy atom. The van der Waals surface area contributed by atoms with E-state index in [0.29, 0.717) is 6.04 Å². The smallest absolute Gasteiger partial charge is 0.194 e. The summed E-state index contributed by atoms with van der Waals surface area (Å²) in [5.41, 5.74) is 1.31. The fourth-order valence-electron chi connectivity index (χ4n) is 3.69. The van der Waals surface area contributed by atoms with Crippen LogP contribution in [0.1, 0.15) is 12.5 Å². The van der Waals surface area contributed by atoms with E-state index in [-0.39, 0.29) is 18.4 Å². The summed E-state index contributed by atoms with van der Waals surface area (Å²) >= 11 is 0. The molecule has 7 nitrogen and oxygen atoms in total. The van der Waals surface area contributed by atoms with Crippen molar-refractivity contribution in [2.24, 2.45) is 4.99 Å². The van der Waals surface area contributed by atoms with Crippen LogP contribution in [-0.4, -0.2) is 87.7 Å². The molecule has 2 atom stereocenters. The minimum Gasteiger partial charge on any atom is -0.373 e. The summed E-state index contributed by atoms with van der Waals surface area (Å²) in [5.74, 6) is 0.845. The van der Waals surface area contributed by atoms with Gasteiger partial charge in [-0.1, -0.05) is 30.3 Å². The van der Waals surface area contributed by atoms with E-state index in [0.717, 1.165) is 45.3 Å². The number of likely N-dealkylation sites (tertiary alicyclic amines) is 1. The Bertz CT molecular complexity index is 739. The van der Waals surface area contributed by atoms with Crippen LogP contribution in [0.15, 0.2) is 35.3 Å². The lowest BCUT2D eigenvalue weighted by Crippen LogP contribution is -2.50. The number of guanidine groups is 1. The topological polar surface area (TPSA) is 74.2 Å². The second kappa shape index (κ2) is 9.03. The zero-order valence-corrected chi connectivity index (χ0v) is 17.0. The van der Waals surface area contributed by atoms with Crippen LogP contribution >= 0.6 is 0 Å². The van der Waals surface area contributed by atoms with Gasteiger partial charge in [-0.2, -0.15) is 0 Å². The Labute approximate surface area is 162 Å². The van der Waals surface area contributed by atoms with Gasteiger partial charge in [0.25, 0.3) is 0 Å². The molecule has 150 valence electrons. The largest absolute Gasteiger partial charge is 0.373 e. The second-order valence-corrected chi connectivity index (χ2v) is 9.46. The van der Waals surface area contributed by atoms with Gasteiger partial charge >= 0.3 is 0 Å². The van der Waals surface area contributed by atoms with Crippen molar-refractivity contribution in [3.8, 4) is 0 Å². The Balaban J connectivity index is 1.66. The van der Waals surface area contributed by atoms with Crippen LogP contribution in [0, 0.1) is 0 Å². The van der Waals surface area contributed by atoms with Crippen molar-refractivity contribution >= 4 is 15.8 Å². The van der Waals surface area contributed by atoms with Gasteiger partial charge in [0.1, 0.15) is 9.84 Å². The molecule has 0 radical (unpaired) electrons. The van der Waals surface area contributed by atoms with E-state index in [1.807, 2.05) is 13.0 Å². The van der Waals surface area contributed by atoms with Crippen LogP contribution in [0.25, 0.3) is 0 Å².